The van der Waals surface area contributed by atoms with Crippen LogP contribution in [0.25, 0.3) is 0 Å². The number of carbonyl (C=O) groups is 1. The Bertz CT molecular complexity index is 541. The molecule has 1 heterocycles. The average Bonchev–Trinajstić information content (AvgIpc) is 2.38. The normalized spacial score (nSPS) is 15.1. The summed E-state index contributed by atoms with van der Waals surface area (Å²) in [7, 11) is 0. The summed E-state index contributed by atoms with van der Waals surface area (Å²) < 4.78 is 0. The van der Waals surface area contributed by atoms with Crippen LogP contribution in [0.4, 0.5) is 0 Å². The summed E-state index contributed by atoms with van der Waals surface area (Å²) in [5.74, 6) is 0.708. The molecule has 90 valence electrons. The number of pyridine rings is 1. The average molecular weight is 237 g/mol. The van der Waals surface area contributed by atoms with Gasteiger partial charge in [-0.1, -0.05) is 36.8 Å². The highest BCUT2D eigenvalue weighted by Gasteiger charge is 2.19. The predicted molar refractivity (Wildman–Crippen MR) is 70.7 cm³/mol. The van der Waals surface area contributed by atoms with Gasteiger partial charge in [-0.2, -0.15) is 0 Å². The fourth-order valence-electron chi connectivity index (χ4n) is 2.29. The van der Waals surface area contributed by atoms with Gasteiger partial charge in [0.05, 0.1) is 0 Å². The number of hydrogen-bond donors (Lipinski definition) is 0. The Kier molecular flexibility index (Phi) is 2.93. The Morgan fingerprint density at radius 2 is 1.83 bits per heavy atom. The lowest BCUT2D eigenvalue weighted by molar-refractivity contribution is 0.103. The molecule has 0 amide bonds. The minimum Gasteiger partial charge on any atom is -0.287 e. The number of ketones is 1. The number of aromatic nitrogens is 1. The molecular weight excluding hydrogens is 222 g/mol. The van der Waals surface area contributed by atoms with Crippen LogP contribution in [0.5, 0.6) is 0 Å². The van der Waals surface area contributed by atoms with Gasteiger partial charge in [-0.05, 0) is 36.5 Å². The maximum atomic E-state index is 12.1. The fourth-order valence-corrected chi connectivity index (χ4v) is 2.29. The molecule has 1 aromatic carbocycles. The van der Waals surface area contributed by atoms with Gasteiger partial charge in [0.2, 0.25) is 5.78 Å². The van der Waals surface area contributed by atoms with Gasteiger partial charge < -0.3 is 0 Å². The van der Waals surface area contributed by atoms with Crippen molar-refractivity contribution in [3.63, 3.8) is 0 Å². The van der Waals surface area contributed by atoms with E-state index in [1.54, 1.807) is 12.3 Å². The molecule has 1 aliphatic rings. The largest absolute Gasteiger partial charge is 0.287 e. The molecular formula is C16H15NO. The zero-order chi connectivity index (χ0) is 12.4. The first-order valence-corrected chi connectivity index (χ1v) is 6.40. The highest BCUT2D eigenvalue weighted by molar-refractivity contribution is 6.07. The van der Waals surface area contributed by atoms with Crippen molar-refractivity contribution in [2.24, 2.45) is 0 Å². The van der Waals surface area contributed by atoms with Crippen molar-refractivity contribution in [1.29, 1.82) is 0 Å². The molecule has 1 saturated carbocycles. The van der Waals surface area contributed by atoms with Crippen molar-refractivity contribution in [2.75, 3.05) is 0 Å². The van der Waals surface area contributed by atoms with Crippen LogP contribution in [0.1, 0.15) is 46.8 Å². The van der Waals surface area contributed by atoms with E-state index in [0.29, 0.717) is 11.6 Å². The maximum Gasteiger partial charge on any atom is 0.211 e. The molecule has 1 fully saturated rings. The molecule has 2 heteroatoms. The molecule has 1 aromatic heterocycles. The zero-order valence-electron chi connectivity index (χ0n) is 10.2. The Morgan fingerprint density at radius 3 is 2.39 bits per heavy atom. The van der Waals surface area contributed by atoms with E-state index in [9.17, 15) is 4.79 Å². The molecule has 2 nitrogen and oxygen atoms in total. The third kappa shape index (κ3) is 2.06. The van der Waals surface area contributed by atoms with Gasteiger partial charge in [0.1, 0.15) is 5.69 Å². The third-order valence-corrected chi connectivity index (χ3v) is 3.65. The van der Waals surface area contributed by atoms with Crippen LogP contribution in [0.3, 0.4) is 0 Å². The van der Waals surface area contributed by atoms with E-state index in [1.807, 2.05) is 24.3 Å². The molecule has 0 spiro atoms. The summed E-state index contributed by atoms with van der Waals surface area (Å²) in [5.41, 5.74) is 2.59. The molecule has 1 aliphatic carbocycles. The van der Waals surface area contributed by atoms with Gasteiger partial charge in [0, 0.05) is 11.8 Å². The van der Waals surface area contributed by atoms with Crippen molar-refractivity contribution >= 4 is 5.78 Å². The summed E-state index contributed by atoms with van der Waals surface area (Å²) in [5, 5.41) is 0. The zero-order valence-corrected chi connectivity index (χ0v) is 10.2. The molecule has 0 atom stereocenters. The number of hydrogen-bond acceptors (Lipinski definition) is 2. The second-order valence-corrected chi connectivity index (χ2v) is 4.79. The first-order valence-electron chi connectivity index (χ1n) is 6.40. The number of rotatable bonds is 3. The molecule has 0 N–H and O–H groups in total. The molecule has 0 saturated heterocycles. The first-order chi connectivity index (χ1) is 8.84. The smallest absolute Gasteiger partial charge is 0.211 e. The molecule has 0 bridgehead atoms. The minimum atomic E-state index is -0.00393. The van der Waals surface area contributed by atoms with E-state index >= 15 is 0 Å². The van der Waals surface area contributed by atoms with Crippen molar-refractivity contribution in [2.45, 2.75) is 25.2 Å². The summed E-state index contributed by atoms with van der Waals surface area (Å²) in [6.07, 6.45) is 5.55. The van der Waals surface area contributed by atoms with Crippen molar-refractivity contribution in [1.82, 2.24) is 4.98 Å². The Morgan fingerprint density at radius 1 is 1.06 bits per heavy atom. The molecule has 18 heavy (non-hydrogen) atoms. The SMILES string of the molecule is O=C(c1ccc(C2CCC2)cc1)c1ccccn1. The van der Waals surface area contributed by atoms with Gasteiger partial charge in [-0.3, -0.25) is 9.78 Å². The van der Waals surface area contributed by atoms with E-state index in [1.165, 1.54) is 24.8 Å². The fraction of sp³-hybridized carbons (Fsp3) is 0.250. The van der Waals surface area contributed by atoms with Crippen LogP contribution < -0.4 is 0 Å². The third-order valence-electron chi connectivity index (χ3n) is 3.65. The second-order valence-electron chi connectivity index (χ2n) is 4.79. The predicted octanol–water partition coefficient (Wildman–Crippen LogP) is 3.58. The van der Waals surface area contributed by atoms with Crippen LogP contribution in [0, 0.1) is 0 Å². The summed E-state index contributed by atoms with van der Waals surface area (Å²) in [4.78, 5) is 16.2. The lowest BCUT2D eigenvalue weighted by Crippen LogP contribution is -2.09. The molecule has 0 unspecified atom stereocenters. The van der Waals surface area contributed by atoms with Crippen LogP contribution in [0.15, 0.2) is 48.7 Å². The van der Waals surface area contributed by atoms with Crippen LogP contribution in [0.2, 0.25) is 0 Å². The van der Waals surface area contributed by atoms with Crippen molar-refractivity contribution < 1.29 is 4.79 Å². The van der Waals surface area contributed by atoms with Crippen LogP contribution in [-0.2, 0) is 0 Å². The van der Waals surface area contributed by atoms with E-state index in [4.69, 9.17) is 0 Å². The molecule has 2 aromatic rings. The summed E-state index contributed by atoms with van der Waals surface area (Å²) in [6.45, 7) is 0. The molecule has 0 radical (unpaired) electrons. The Balaban J connectivity index is 1.82. The van der Waals surface area contributed by atoms with Crippen LogP contribution >= 0.6 is 0 Å². The molecule has 3 rings (SSSR count). The number of carbonyl (C=O) groups excluding carboxylic acids is 1. The minimum absolute atomic E-state index is 0.00393. The van der Waals surface area contributed by atoms with Crippen LogP contribution in [-0.4, -0.2) is 10.8 Å². The maximum absolute atomic E-state index is 12.1. The van der Waals surface area contributed by atoms with E-state index < -0.39 is 0 Å². The molecule has 0 aliphatic heterocycles. The van der Waals surface area contributed by atoms with E-state index in [0.717, 1.165) is 5.56 Å². The van der Waals surface area contributed by atoms with Gasteiger partial charge in [-0.25, -0.2) is 0 Å². The lowest BCUT2D eigenvalue weighted by Gasteiger charge is -2.25. The van der Waals surface area contributed by atoms with Gasteiger partial charge in [0.15, 0.2) is 0 Å². The second kappa shape index (κ2) is 4.73. The Hall–Kier alpha value is -1.96. The van der Waals surface area contributed by atoms with Gasteiger partial charge >= 0.3 is 0 Å². The highest BCUT2D eigenvalue weighted by atomic mass is 16.1. The summed E-state index contributed by atoms with van der Waals surface area (Å²) >= 11 is 0. The monoisotopic (exact) mass is 237 g/mol. The Labute approximate surface area is 107 Å². The standard InChI is InChI=1S/C16H15NO/c18-16(15-6-1-2-11-17-15)14-9-7-13(8-10-14)12-4-3-5-12/h1-2,6-12H,3-5H2. The number of benzene rings is 1. The quantitative estimate of drug-likeness (QED) is 0.764. The summed E-state index contributed by atoms with van der Waals surface area (Å²) in [6, 6.07) is 13.4. The van der Waals surface area contributed by atoms with E-state index in [-0.39, 0.29) is 5.78 Å². The first kappa shape index (κ1) is 11.1. The van der Waals surface area contributed by atoms with E-state index in [2.05, 4.69) is 17.1 Å². The topological polar surface area (TPSA) is 30.0 Å². The van der Waals surface area contributed by atoms with Gasteiger partial charge in [-0.15, -0.1) is 0 Å². The highest BCUT2D eigenvalue weighted by Crippen LogP contribution is 2.36. The van der Waals surface area contributed by atoms with Crippen molar-refractivity contribution in [3.8, 4) is 0 Å². The lowest BCUT2D eigenvalue weighted by atomic mass is 9.80. The van der Waals surface area contributed by atoms with Gasteiger partial charge in [0.25, 0.3) is 0 Å². The number of nitrogens with zero attached hydrogens (tertiary/aromatic N) is 1. The van der Waals surface area contributed by atoms with Crippen molar-refractivity contribution in [3.05, 3.63) is 65.5 Å².